The number of methoxy groups -OCH3 is 1. The van der Waals surface area contributed by atoms with Crippen LogP contribution < -0.4 is 0 Å². The number of aliphatic hydroxyl groups excluding tert-OH is 1. The number of hydrogen-bond donors (Lipinski definition) is 1. The van der Waals surface area contributed by atoms with Gasteiger partial charge in [-0.25, -0.2) is 0 Å². The van der Waals surface area contributed by atoms with Gasteiger partial charge in [0.05, 0.1) is 13.2 Å². The summed E-state index contributed by atoms with van der Waals surface area (Å²) in [5.74, 6) is 0. The van der Waals surface area contributed by atoms with Gasteiger partial charge in [0, 0.05) is 7.11 Å². The SMILES string of the molecule is CCN(CC)C(C=O)(CO)COC. The molecule has 0 heterocycles. The number of carbonyl (C=O) groups is 1. The van der Waals surface area contributed by atoms with E-state index in [2.05, 4.69) is 0 Å². The number of hydrogen-bond acceptors (Lipinski definition) is 4. The monoisotopic (exact) mass is 189 g/mol. The van der Waals surface area contributed by atoms with E-state index < -0.39 is 5.54 Å². The van der Waals surface area contributed by atoms with Crippen LogP contribution >= 0.6 is 0 Å². The van der Waals surface area contributed by atoms with Crippen LogP contribution in [0.25, 0.3) is 0 Å². The predicted octanol–water partition coefficient (Wildman–Crippen LogP) is -0.0954. The van der Waals surface area contributed by atoms with Crippen molar-refractivity contribution >= 4 is 6.29 Å². The van der Waals surface area contributed by atoms with Crippen LogP contribution in [0.1, 0.15) is 13.8 Å². The van der Waals surface area contributed by atoms with Crippen LogP contribution in [0.15, 0.2) is 0 Å². The van der Waals surface area contributed by atoms with Crippen LogP contribution in [0.3, 0.4) is 0 Å². The van der Waals surface area contributed by atoms with E-state index in [1.807, 2.05) is 18.7 Å². The van der Waals surface area contributed by atoms with Crippen LogP contribution in [-0.4, -0.2) is 55.2 Å². The Balaban J connectivity index is 4.59. The smallest absolute Gasteiger partial charge is 0.145 e. The van der Waals surface area contributed by atoms with Gasteiger partial charge in [0.25, 0.3) is 0 Å². The molecule has 0 saturated carbocycles. The lowest BCUT2D eigenvalue weighted by molar-refractivity contribution is -0.125. The second kappa shape index (κ2) is 6.07. The maximum atomic E-state index is 10.9. The van der Waals surface area contributed by atoms with Crippen molar-refractivity contribution in [2.75, 3.05) is 33.4 Å². The Hall–Kier alpha value is -0.450. The average molecular weight is 189 g/mol. The second-order valence-corrected chi connectivity index (χ2v) is 2.98. The minimum Gasteiger partial charge on any atom is -0.394 e. The molecular weight excluding hydrogens is 170 g/mol. The van der Waals surface area contributed by atoms with Gasteiger partial charge < -0.3 is 14.6 Å². The summed E-state index contributed by atoms with van der Waals surface area (Å²) in [5, 5.41) is 9.19. The average Bonchev–Trinajstić information content (AvgIpc) is 2.18. The van der Waals surface area contributed by atoms with E-state index in [0.717, 1.165) is 19.4 Å². The Bertz CT molecular complexity index is 148. The molecule has 1 unspecified atom stereocenters. The van der Waals surface area contributed by atoms with Crippen LogP contribution in [0, 0.1) is 0 Å². The number of ether oxygens (including phenoxy) is 1. The molecule has 0 amide bonds. The Kier molecular flexibility index (Phi) is 5.86. The molecule has 13 heavy (non-hydrogen) atoms. The zero-order valence-electron chi connectivity index (χ0n) is 8.62. The maximum absolute atomic E-state index is 10.9. The molecule has 0 fully saturated rings. The summed E-state index contributed by atoms with van der Waals surface area (Å²) in [6, 6.07) is 0. The number of likely N-dealkylation sites (N-methyl/N-ethyl adjacent to an activating group) is 1. The summed E-state index contributed by atoms with van der Waals surface area (Å²) in [7, 11) is 1.53. The second-order valence-electron chi connectivity index (χ2n) is 2.98. The van der Waals surface area contributed by atoms with E-state index in [9.17, 15) is 9.90 Å². The Morgan fingerprint density at radius 2 is 2.00 bits per heavy atom. The summed E-state index contributed by atoms with van der Waals surface area (Å²) in [5.41, 5.74) is -0.863. The fraction of sp³-hybridized carbons (Fsp3) is 0.889. The van der Waals surface area contributed by atoms with Gasteiger partial charge in [-0.2, -0.15) is 0 Å². The third-order valence-electron chi connectivity index (χ3n) is 2.28. The number of aldehydes is 1. The van der Waals surface area contributed by atoms with Gasteiger partial charge in [0.2, 0.25) is 0 Å². The summed E-state index contributed by atoms with van der Waals surface area (Å²) < 4.78 is 4.94. The highest BCUT2D eigenvalue weighted by Gasteiger charge is 2.34. The Morgan fingerprint density at radius 1 is 1.46 bits per heavy atom. The summed E-state index contributed by atoms with van der Waals surface area (Å²) in [6.45, 7) is 5.37. The summed E-state index contributed by atoms with van der Waals surface area (Å²) >= 11 is 0. The van der Waals surface area contributed by atoms with Gasteiger partial charge in [-0.15, -0.1) is 0 Å². The van der Waals surface area contributed by atoms with E-state index in [1.54, 1.807) is 0 Å². The third kappa shape index (κ3) is 2.76. The first-order valence-corrected chi connectivity index (χ1v) is 4.51. The molecule has 0 radical (unpaired) electrons. The largest absolute Gasteiger partial charge is 0.394 e. The van der Waals surface area contributed by atoms with Crippen molar-refractivity contribution in [3.8, 4) is 0 Å². The van der Waals surface area contributed by atoms with Gasteiger partial charge >= 0.3 is 0 Å². The molecule has 1 N–H and O–H groups in total. The van der Waals surface area contributed by atoms with Crippen LogP contribution in [0.4, 0.5) is 0 Å². The third-order valence-corrected chi connectivity index (χ3v) is 2.28. The van der Waals surface area contributed by atoms with Gasteiger partial charge in [0.15, 0.2) is 0 Å². The normalized spacial score (nSPS) is 15.8. The molecule has 0 bridgehead atoms. The van der Waals surface area contributed by atoms with Crippen LogP contribution in [0.2, 0.25) is 0 Å². The van der Waals surface area contributed by atoms with E-state index in [4.69, 9.17) is 4.74 Å². The highest BCUT2D eigenvalue weighted by Crippen LogP contribution is 2.12. The molecule has 0 aromatic heterocycles. The molecule has 0 aromatic rings. The quantitative estimate of drug-likeness (QED) is 0.568. The standard InChI is InChI=1S/C9H19NO3/c1-4-10(5-2)9(6-11,7-12)8-13-3/h6,12H,4-5,7-8H2,1-3H3. The molecule has 0 aromatic carbocycles. The summed E-state index contributed by atoms with van der Waals surface area (Å²) in [6.07, 6.45) is 0.767. The molecule has 4 heteroatoms. The van der Waals surface area contributed by atoms with Crippen molar-refractivity contribution in [3.05, 3.63) is 0 Å². The fourth-order valence-electron chi connectivity index (χ4n) is 1.49. The molecule has 0 spiro atoms. The molecule has 1 atom stereocenters. The number of nitrogens with zero attached hydrogens (tertiary/aromatic N) is 1. The first-order chi connectivity index (χ1) is 6.20. The van der Waals surface area contributed by atoms with Crippen molar-refractivity contribution in [2.45, 2.75) is 19.4 Å². The van der Waals surface area contributed by atoms with E-state index in [1.165, 1.54) is 7.11 Å². The molecule has 0 aliphatic carbocycles. The van der Waals surface area contributed by atoms with Crippen molar-refractivity contribution in [1.29, 1.82) is 0 Å². The molecule has 0 saturated heterocycles. The number of rotatable bonds is 7. The molecule has 0 rings (SSSR count). The first kappa shape index (κ1) is 12.6. The van der Waals surface area contributed by atoms with Gasteiger partial charge in [-0.1, -0.05) is 13.8 Å². The van der Waals surface area contributed by atoms with Gasteiger partial charge in [-0.05, 0) is 13.1 Å². The van der Waals surface area contributed by atoms with Crippen molar-refractivity contribution in [1.82, 2.24) is 4.90 Å². The number of carbonyl (C=O) groups excluding carboxylic acids is 1. The maximum Gasteiger partial charge on any atom is 0.145 e. The Morgan fingerprint density at radius 3 is 2.23 bits per heavy atom. The lowest BCUT2D eigenvalue weighted by Crippen LogP contribution is -2.56. The van der Waals surface area contributed by atoms with Crippen molar-refractivity contribution < 1.29 is 14.6 Å². The topological polar surface area (TPSA) is 49.8 Å². The highest BCUT2D eigenvalue weighted by molar-refractivity contribution is 5.64. The minimum absolute atomic E-state index is 0.202. The van der Waals surface area contributed by atoms with Crippen molar-refractivity contribution in [3.63, 3.8) is 0 Å². The predicted molar refractivity (Wildman–Crippen MR) is 50.7 cm³/mol. The van der Waals surface area contributed by atoms with E-state index in [-0.39, 0.29) is 13.2 Å². The molecule has 78 valence electrons. The zero-order valence-corrected chi connectivity index (χ0v) is 8.62. The summed E-state index contributed by atoms with van der Waals surface area (Å²) in [4.78, 5) is 12.8. The lowest BCUT2D eigenvalue weighted by atomic mass is 10.0. The lowest BCUT2D eigenvalue weighted by Gasteiger charge is -2.36. The number of aliphatic hydroxyl groups is 1. The van der Waals surface area contributed by atoms with Crippen LogP contribution in [0.5, 0.6) is 0 Å². The first-order valence-electron chi connectivity index (χ1n) is 4.51. The molecular formula is C9H19NO3. The highest BCUT2D eigenvalue weighted by atomic mass is 16.5. The Labute approximate surface area is 79.5 Å². The van der Waals surface area contributed by atoms with Crippen LogP contribution in [-0.2, 0) is 9.53 Å². The molecule has 0 aliphatic rings. The molecule has 0 aliphatic heterocycles. The minimum atomic E-state index is -0.863. The van der Waals surface area contributed by atoms with Gasteiger partial charge in [0.1, 0.15) is 11.8 Å². The van der Waals surface area contributed by atoms with Crippen molar-refractivity contribution in [2.24, 2.45) is 0 Å². The van der Waals surface area contributed by atoms with E-state index in [0.29, 0.717) is 0 Å². The van der Waals surface area contributed by atoms with Gasteiger partial charge in [-0.3, -0.25) is 4.90 Å². The molecule has 4 nitrogen and oxygen atoms in total. The zero-order chi connectivity index (χ0) is 10.3. The fourth-order valence-corrected chi connectivity index (χ4v) is 1.49. The van der Waals surface area contributed by atoms with E-state index >= 15 is 0 Å².